The highest BCUT2D eigenvalue weighted by Gasteiger charge is 2.44. The van der Waals surface area contributed by atoms with Crippen LogP contribution in [0.3, 0.4) is 0 Å². The molecule has 35 heavy (non-hydrogen) atoms. The minimum absolute atomic E-state index is 0.137. The Kier molecular flexibility index (Phi) is 14.9. The molecule has 0 amide bonds. The van der Waals surface area contributed by atoms with E-state index in [1.54, 1.807) is 0 Å². The van der Waals surface area contributed by atoms with Gasteiger partial charge in [0.2, 0.25) is 0 Å². The maximum Gasteiger partial charge on any atom is 0.330 e. The Balaban J connectivity index is 1.44. The average molecular weight is 495 g/mol. The molecule has 1 saturated heterocycles. The minimum atomic E-state index is -1.28. The minimum Gasteiger partial charge on any atom is -0.387 e. The molecule has 0 bridgehead atoms. The third-order valence-corrected chi connectivity index (χ3v) is 6.55. The van der Waals surface area contributed by atoms with Crippen LogP contribution in [-0.4, -0.2) is 51.3 Å². The molecule has 1 aliphatic rings. The van der Waals surface area contributed by atoms with E-state index in [0.29, 0.717) is 6.61 Å². The number of unbranched alkanes of at least 4 members (excludes halogenated alkanes) is 12. The molecule has 4 atom stereocenters. The molecule has 2 rings (SSSR count). The van der Waals surface area contributed by atoms with Gasteiger partial charge in [-0.3, -0.25) is 14.3 Å². The highest BCUT2D eigenvalue weighted by Crippen LogP contribution is 2.28. The summed E-state index contributed by atoms with van der Waals surface area (Å²) in [6.07, 6.45) is 19.2. The zero-order valence-electron chi connectivity index (χ0n) is 21.4. The summed E-state index contributed by atoms with van der Waals surface area (Å²) >= 11 is 0. The van der Waals surface area contributed by atoms with E-state index in [2.05, 4.69) is 24.1 Å². The predicted octanol–water partition coefficient (Wildman–Crippen LogP) is 4.21. The SMILES string of the molecule is CCCCCCCCC=CCCCCCCCCOC[C@H]1O[C@@H](n2ccc(=O)[nH]c2=O)[C@H](O)[C@@H]1O. The summed E-state index contributed by atoms with van der Waals surface area (Å²) in [5.74, 6) is 0. The van der Waals surface area contributed by atoms with E-state index in [-0.39, 0.29) is 6.61 Å². The van der Waals surface area contributed by atoms with Gasteiger partial charge >= 0.3 is 5.69 Å². The summed E-state index contributed by atoms with van der Waals surface area (Å²) < 4.78 is 12.3. The number of nitrogens with one attached hydrogen (secondary N) is 1. The van der Waals surface area contributed by atoms with E-state index in [1.165, 1.54) is 89.3 Å². The Morgan fingerprint density at radius 3 is 2.14 bits per heavy atom. The number of aromatic amines is 1. The van der Waals surface area contributed by atoms with Crippen molar-refractivity contribution in [3.8, 4) is 0 Å². The van der Waals surface area contributed by atoms with E-state index < -0.39 is 35.8 Å². The van der Waals surface area contributed by atoms with Crippen molar-refractivity contribution in [1.29, 1.82) is 0 Å². The topological polar surface area (TPSA) is 114 Å². The number of ether oxygens (including phenoxy) is 2. The molecule has 2 heterocycles. The lowest BCUT2D eigenvalue weighted by Gasteiger charge is -2.16. The molecule has 0 unspecified atom stereocenters. The summed E-state index contributed by atoms with van der Waals surface area (Å²) in [5.41, 5.74) is -1.23. The van der Waals surface area contributed by atoms with Crippen LogP contribution in [0.4, 0.5) is 0 Å². The standard InChI is InChI=1S/C27H46N2O6/c1-2-3-4-5-6-7-8-9-10-11-12-13-14-15-16-17-20-34-21-22-24(31)25(32)26(35-22)29-19-18-23(30)28-27(29)33/h9-10,18-19,22,24-26,31-32H,2-8,11-17,20-21H2,1H3,(H,28,30,33)/t22-,24-,25-,26-/m1/s1. The number of nitrogens with zero attached hydrogens (tertiary/aromatic N) is 1. The van der Waals surface area contributed by atoms with Gasteiger partial charge in [0, 0.05) is 18.9 Å². The van der Waals surface area contributed by atoms with Gasteiger partial charge < -0.3 is 19.7 Å². The molecule has 1 fully saturated rings. The van der Waals surface area contributed by atoms with Crippen LogP contribution in [0.2, 0.25) is 0 Å². The lowest BCUT2D eigenvalue weighted by atomic mass is 10.1. The second-order valence-electron chi connectivity index (χ2n) is 9.58. The Morgan fingerprint density at radius 2 is 1.51 bits per heavy atom. The first kappa shape index (κ1) is 29.5. The fraction of sp³-hybridized carbons (Fsp3) is 0.778. The largest absolute Gasteiger partial charge is 0.387 e. The van der Waals surface area contributed by atoms with Crippen molar-refractivity contribution in [1.82, 2.24) is 9.55 Å². The van der Waals surface area contributed by atoms with Crippen LogP contribution in [-0.2, 0) is 9.47 Å². The number of H-pyrrole nitrogens is 1. The first-order chi connectivity index (χ1) is 17.0. The Hall–Kier alpha value is -1.74. The van der Waals surface area contributed by atoms with Crippen LogP contribution < -0.4 is 11.2 Å². The molecular weight excluding hydrogens is 448 g/mol. The van der Waals surface area contributed by atoms with E-state index in [1.807, 2.05) is 0 Å². The summed E-state index contributed by atoms with van der Waals surface area (Å²) in [6.45, 7) is 2.96. The van der Waals surface area contributed by atoms with Crippen LogP contribution in [0.5, 0.6) is 0 Å². The number of hydrogen-bond donors (Lipinski definition) is 3. The zero-order chi connectivity index (χ0) is 25.3. The van der Waals surface area contributed by atoms with Crippen LogP contribution in [0.15, 0.2) is 34.0 Å². The van der Waals surface area contributed by atoms with Gasteiger partial charge in [-0.1, -0.05) is 76.9 Å². The highest BCUT2D eigenvalue weighted by molar-refractivity contribution is 4.93. The molecule has 200 valence electrons. The van der Waals surface area contributed by atoms with Crippen molar-refractivity contribution < 1.29 is 19.7 Å². The smallest absolute Gasteiger partial charge is 0.330 e. The van der Waals surface area contributed by atoms with Crippen molar-refractivity contribution >= 4 is 0 Å². The molecule has 1 aromatic rings. The highest BCUT2D eigenvalue weighted by atomic mass is 16.6. The summed E-state index contributed by atoms with van der Waals surface area (Å²) in [7, 11) is 0. The molecule has 1 aliphatic heterocycles. The molecule has 0 aliphatic carbocycles. The Bertz CT molecular complexity index is 820. The van der Waals surface area contributed by atoms with Crippen LogP contribution in [0.1, 0.15) is 103 Å². The number of aliphatic hydroxyl groups excluding tert-OH is 2. The van der Waals surface area contributed by atoms with Gasteiger partial charge in [-0.05, 0) is 32.1 Å². The van der Waals surface area contributed by atoms with E-state index >= 15 is 0 Å². The molecule has 8 nitrogen and oxygen atoms in total. The number of hydrogen-bond acceptors (Lipinski definition) is 6. The molecule has 1 aromatic heterocycles. The van der Waals surface area contributed by atoms with Crippen molar-refractivity contribution in [2.75, 3.05) is 13.2 Å². The third kappa shape index (κ3) is 11.2. The lowest BCUT2D eigenvalue weighted by molar-refractivity contribution is -0.0686. The maximum atomic E-state index is 11.9. The van der Waals surface area contributed by atoms with Crippen molar-refractivity contribution in [3.63, 3.8) is 0 Å². The molecule has 8 heteroatoms. The summed E-state index contributed by atoms with van der Waals surface area (Å²) in [4.78, 5) is 25.2. The first-order valence-electron chi connectivity index (χ1n) is 13.6. The zero-order valence-corrected chi connectivity index (χ0v) is 21.4. The van der Waals surface area contributed by atoms with Gasteiger partial charge in [0.05, 0.1) is 6.61 Å². The molecule has 3 N–H and O–H groups in total. The Labute approximate surface area is 209 Å². The molecule has 0 radical (unpaired) electrons. The molecule has 0 saturated carbocycles. The second-order valence-corrected chi connectivity index (χ2v) is 9.58. The van der Waals surface area contributed by atoms with Crippen LogP contribution >= 0.6 is 0 Å². The van der Waals surface area contributed by atoms with Gasteiger partial charge in [-0.15, -0.1) is 0 Å². The van der Waals surface area contributed by atoms with Gasteiger partial charge in [0.1, 0.15) is 18.3 Å². The number of allylic oxidation sites excluding steroid dienone is 2. The number of aromatic nitrogens is 2. The quantitative estimate of drug-likeness (QED) is 0.196. The van der Waals surface area contributed by atoms with Gasteiger partial charge in [-0.25, -0.2) is 4.79 Å². The average Bonchev–Trinajstić information content (AvgIpc) is 3.12. The fourth-order valence-corrected chi connectivity index (χ4v) is 4.38. The van der Waals surface area contributed by atoms with Crippen molar-refractivity contribution in [3.05, 3.63) is 45.3 Å². The number of rotatable bonds is 19. The van der Waals surface area contributed by atoms with E-state index in [4.69, 9.17) is 9.47 Å². The van der Waals surface area contributed by atoms with Gasteiger partial charge in [0.15, 0.2) is 6.23 Å². The predicted molar refractivity (Wildman–Crippen MR) is 138 cm³/mol. The van der Waals surface area contributed by atoms with E-state index in [9.17, 15) is 19.8 Å². The second kappa shape index (κ2) is 17.7. The third-order valence-electron chi connectivity index (χ3n) is 6.55. The normalized spacial score (nSPS) is 22.4. The monoisotopic (exact) mass is 494 g/mol. The fourth-order valence-electron chi connectivity index (χ4n) is 4.38. The van der Waals surface area contributed by atoms with Crippen molar-refractivity contribution in [2.45, 2.75) is 121 Å². The summed E-state index contributed by atoms with van der Waals surface area (Å²) in [5, 5.41) is 20.5. The summed E-state index contributed by atoms with van der Waals surface area (Å²) in [6, 6.07) is 1.17. The molecular formula is C27H46N2O6. The van der Waals surface area contributed by atoms with Gasteiger partial charge in [0.25, 0.3) is 5.56 Å². The molecule has 0 aromatic carbocycles. The first-order valence-corrected chi connectivity index (χ1v) is 13.6. The Morgan fingerprint density at radius 1 is 0.914 bits per heavy atom. The van der Waals surface area contributed by atoms with E-state index in [0.717, 1.165) is 17.4 Å². The maximum absolute atomic E-state index is 11.9. The van der Waals surface area contributed by atoms with Crippen LogP contribution in [0, 0.1) is 0 Å². The van der Waals surface area contributed by atoms with Gasteiger partial charge in [-0.2, -0.15) is 0 Å². The van der Waals surface area contributed by atoms with Crippen LogP contribution in [0.25, 0.3) is 0 Å². The lowest BCUT2D eigenvalue weighted by Crippen LogP contribution is -2.37. The molecule has 0 spiro atoms. The number of aliphatic hydroxyl groups is 2. The van der Waals surface area contributed by atoms with Crippen molar-refractivity contribution in [2.24, 2.45) is 0 Å².